The Bertz CT molecular complexity index is 498. The molecule has 2 aliphatic rings. The predicted octanol–water partition coefficient (Wildman–Crippen LogP) is 4.38. The average Bonchev–Trinajstić information content (AvgIpc) is 3.18. The van der Waals surface area contributed by atoms with E-state index in [0.717, 1.165) is 70.0 Å². The third kappa shape index (κ3) is 8.24. The Morgan fingerprint density at radius 3 is 2.11 bits per heavy atom. The second-order valence-corrected chi connectivity index (χ2v) is 9.23. The number of ketones is 2. The van der Waals surface area contributed by atoms with E-state index < -0.39 is 0 Å². The fourth-order valence-corrected chi connectivity index (χ4v) is 5.50. The molecule has 2 saturated heterocycles. The van der Waals surface area contributed by atoms with Crippen LogP contribution in [0.25, 0.3) is 0 Å². The van der Waals surface area contributed by atoms with Crippen molar-refractivity contribution >= 4 is 29.4 Å². The van der Waals surface area contributed by atoms with Crippen molar-refractivity contribution in [3.05, 3.63) is 0 Å². The molecule has 2 fully saturated rings. The zero-order valence-electron chi connectivity index (χ0n) is 16.8. The third-order valence-electron chi connectivity index (χ3n) is 5.60. The molecule has 0 saturated carbocycles. The van der Waals surface area contributed by atoms with Crippen LogP contribution in [0.3, 0.4) is 0 Å². The standard InChI is InChI=1S/C21H36N2O3S/c1-2-3-5-10-16(24)11-6-4-7-12-17(25)13-8-9-14-19-20-18(15-27-19)22-21(26)23-20/h18-20H,2-15H2,1H3,(H2,22,23,26). The summed E-state index contributed by atoms with van der Waals surface area (Å²) < 4.78 is 0. The van der Waals surface area contributed by atoms with Crippen LogP contribution >= 0.6 is 11.8 Å². The number of rotatable bonds is 15. The first-order valence-electron chi connectivity index (χ1n) is 10.8. The highest BCUT2D eigenvalue weighted by molar-refractivity contribution is 8.00. The zero-order chi connectivity index (χ0) is 19.5. The number of amides is 2. The molecule has 0 spiro atoms. The molecule has 0 bridgehead atoms. The molecule has 0 aromatic carbocycles. The summed E-state index contributed by atoms with van der Waals surface area (Å²) in [6.45, 7) is 2.15. The fourth-order valence-electron chi connectivity index (χ4n) is 3.95. The van der Waals surface area contributed by atoms with Gasteiger partial charge in [-0.05, 0) is 32.1 Å². The third-order valence-corrected chi connectivity index (χ3v) is 7.11. The van der Waals surface area contributed by atoms with Gasteiger partial charge in [0.05, 0.1) is 12.1 Å². The van der Waals surface area contributed by atoms with E-state index in [0.29, 0.717) is 36.1 Å². The topological polar surface area (TPSA) is 75.3 Å². The lowest BCUT2D eigenvalue weighted by Gasteiger charge is -2.16. The quantitative estimate of drug-likeness (QED) is 0.318. The first kappa shape index (κ1) is 22.3. The van der Waals surface area contributed by atoms with Gasteiger partial charge in [0.1, 0.15) is 11.6 Å². The number of thioether (sulfide) groups is 1. The van der Waals surface area contributed by atoms with Gasteiger partial charge in [-0.1, -0.05) is 32.6 Å². The molecule has 2 amide bonds. The van der Waals surface area contributed by atoms with Gasteiger partial charge in [0.2, 0.25) is 0 Å². The first-order valence-corrected chi connectivity index (χ1v) is 11.9. The molecule has 2 rings (SSSR count). The van der Waals surface area contributed by atoms with Gasteiger partial charge in [-0.15, -0.1) is 0 Å². The molecule has 0 aromatic heterocycles. The maximum Gasteiger partial charge on any atom is 0.315 e. The number of hydrogen-bond acceptors (Lipinski definition) is 4. The molecule has 2 aliphatic heterocycles. The lowest BCUT2D eigenvalue weighted by atomic mass is 10.0. The normalized spacial score (nSPS) is 23.7. The minimum absolute atomic E-state index is 0.0341. The number of carbonyl (C=O) groups excluding carboxylic acids is 3. The summed E-state index contributed by atoms with van der Waals surface area (Å²) >= 11 is 1.93. The molecule has 3 unspecified atom stereocenters. The van der Waals surface area contributed by atoms with Crippen LogP contribution in [0.5, 0.6) is 0 Å². The highest BCUT2D eigenvalue weighted by atomic mass is 32.2. The largest absolute Gasteiger partial charge is 0.332 e. The lowest BCUT2D eigenvalue weighted by Crippen LogP contribution is -2.36. The molecule has 2 N–H and O–H groups in total. The first-order chi connectivity index (χ1) is 13.1. The van der Waals surface area contributed by atoms with Crippen LogP contribution in [0.4, 0.5) is 4.79 Å². The van der Waals surface area contributed by atoms with Crippen LogP contribution in [0.2, 0.25) is 0 Å². The molecular weight excluding hydrogens is 360 g/mol. The average molecular weight is 397 g/mol. The minimum atomic E-state index is -0.0341. The molecule has 0 aliphatic carbocycles. The van der Waals surface area contributed by atoms with Crippen molar-refractivity contribution < 1.29 is 14.4 Å². The van der Waals surface area contributed by atoms with Crippen LogP contribution in [-0.4, -0.2) is 40.7 Å². The van der Waals surface area contributed by atoms with Crippen molar-refractivity contribution in [2.75, 3.05) is 5.75 Å². The number of fused-ring (bicyclic) bond motifs is 1. The van der Waals surface area contributed by atoms with Crippen LogP contribution in [0, 0.1) is 0 Å². The smallest absolute Gasteiger partial charge is 0.315 e. The van der Waals surface area contributed by atoms with Gasteiger partial charge in [0.15, 0.2) is 0 Å². The molecule has 5 nitrogen and oxygen atoms in total. The van der Waals surface area contributed by atoms with Gasteiger partial charge in [0, 0.05) is 36.7 Å². The Hall–Kier alpha value is -1.04. The van der Waals surface area contributed by atoms with E-state index in [1.165, 1.54) is 0 Å². The lowest BCUT2D eigenvalue weighted by molar-refractivity contribution is -0.119. The summed E-state index contributed by atoms with van der Waals surface area (Å²) in [5.74, 6) is 1.74. The second-order valence-electron chi connectivity index (χ2n) is 7.96. The number of nitrogens with one attached hydrogen (secondary N) is 2. The summed E-state index contributed by atoms with van der Waals surface area (Å²) in [5, 5.41) is 6.46. The predicted molar refractivity (Wildman–Crippen MR) is 111 cm³/mol. The van der Waals surface area contributed by atoms with Crippen LogP contribution in [-0.2, 0) is 9.59 Å². The molecule has 2 heterocycles. The summed E-state index contributed by atoms with van der Waals surface area (Å²) in [4.78, 5) is 35.1. The van der Waals surface area contributed by atoms with Gasteiger partial charge in [0.25, 0.3) is 0 Å². The Morgan fingerprint density at radius 2 is 1.48 bits per heavy atom. The number of urea groups is 1. The zero-order valence-corrected chi connectivity index (χ0v) is 17.6. The minimum Gasteiger partial charge on any atom is -0.332 e. The molecule has 0 radical (unpaired) electrons. The fraction of sp³-hybridized carbons (Fsp3) is 0.857. The molecule has 6 heteroatoms. The molecule has 0 aromatic rings. The van der Waals surface area contributed by atoms with Crippen molar-refractivity contribution in [2.24, 2.45) is 0 Å². The van der Waals surface area contributed by atoms with Crippen molar-refractivity contribution in [1.82, 2.24) is 10.6 Å². The van der Waals surface area contributed by atoms with E-state index in [-0.39, 0.29) is 18.1 Å². The Kier molecular flexibility index (Phi) is 10.2. The van der Waals surface area contributed by atoms with Gasteiger partial charge < -0.3 is 10.6 Å². The summed E-state index contributed by atoms with van der Waals surface area (Å²) in [7, 11) is 0. The van der Waals surface area contributed by atoms with E-state index in [1.54, 1.807) is 0 Å². The van der Waals surface area contributed by atoms with Crippen LogP contribution in [0.15, 0.2) is 0 Å². The Labute approximate surface area is 168 Å². The molecule has 27 heavy (non-hydrogen) atoms. The molecule has 3 atom stereocenters. The second kappa shape index (κ2) is 12.4. The maximum atomic E-state index is 12.0. The van der Waals surface area contributed by atoms with Crippen molar-refractivity contribution in [3.63, 3.8) is 0 Å². The summed E-state index contributed by atoms with van der Waals surface area (Å²) in [5.41, 5.74) is 0. The van der Waals surface area contributed by atoms with Gasteiger partial charge in [-0.25, -0.2) is 4.79 Å². The number of Topliss-reactive ketones (excluding diaryl/α,β-unsaturated/α-hetero) is 2. The highest BCUT2D eigenvalue weighted by Crippen LogP contribution is 2.33. The van der Waals surface area contributed by atoms with E-state index in [1.807, 2.05) is 11.8 Å². The number of unbranched alkanes of at least 4 members (excludes halogenated alkanes) is 5. The highest BCUT2D eigenvalue weighted by Gasteiger charge is 2.42. The summed E-state index contributed by atoms with van der Waals surface area (Å²) in [6.07, 6.45) is 12.0. The van der Waals surface area contributed by atoms with Gasteiger partial charge in [-0.3, -0.25) is 9.59 Å². The monoisotopic (exact) mass is 396 g/mol. The Morgan fingerprint density at radius 1 is 0.889 bits per heavy atom. The Balaban J connectivity index is 1.42. The number of hydrogen-bond donors (Lipinski definition) is 2. The van der Waals surface area contributed by atoms with Crippen molar-refractivity contribution in [2.45, 2.75) is 108 Å². The van der Waals surface area contributed by atoms with Crippen LogP contribution in [0.1, 0.15) is 90.4 Å². The molecular formula is C21H36N2O3S. The van der Waals surface area contributed by atoms with E-state index in [9.17, 15) is 14.4 Å². The van der Waals surface area contributed by atoms with Crippen LogP contribution < -0.4 is 10.6 Å². The van der Waals surface area contributed by atoms with Crippen molar-refractivity contribution in [1.29, 1.82) is 0 Å². The number of carbonyl (C=O) groups is 3. The summed E-state index contributed by atoms with van der Waals surface area (Å²) in [6, 6.07) is 0.517. The van der Waals surface area contributed by atoms with Gasteiger partial charge >= 0.3 is 6.03 Å². The van der Waals surface area contributed by atoms with Gasteiger partial charge in [-0.2, -0.15) is 11.8 Å². The van der Waals surface area contributed by atoms with E-state index >= 15 is 0 Å². The van der Waals surface area contributed by atoms with Crippen molar-refractivity contribution in [3.8, 4) is 0 Å². The SMILES string of the molecule is CCCCCC(=O)CCCCCC(=O)CCCCC1SCC2NC(=O)NC21. The maximum absolute atomic E-state index is 12.0. The van der Waals surface area contributed by atoms with E-state index in [2.05, 4.69) is 17.6 Å². The van der Waals surface area contributed by atoms with E-state index in [4.69, 9.17) is 0 Å². The molecule has 154 valence electrons.